The molecule has 0 unspecified atom stereocenters. The average molecular weight is 399 g/mol. The van der Waals surface area contributed by atoms with Gasteiger partial charge >= 0.3 is 0 Å². The van der Waals surface area contributed by atoms with Gasteiger partial charge in [-0.05, 0) is 73.2 Å². The lowest BCUT2D eigenvalue weighted by atomic mass is 10.1. The van der Waals surface area contributed by atoms with Crippen LogP contribution in [0.4, 0.5) is 0 Å². The van der Waals surface area contributed by atoms with Gasteiger partial charge in [-0.1, -0.05) is 48.0 Å². The van der Waals surface area contributed by atoms with Gasteiger partial charge in [-0.2, -0.15) is 0 Å². The predicted octanol–water partition coefficient (Wildman–Crippen LogP) is 5.97. The van der Waals surface area contributed by atoms with Gasteiger partial charge in [-0.3, -0.25) is 4.79 Å². The molecule has 1 aliphatic carbocycles. The number of benzene rings is 3. The van der Waals surface area contributed by atoms with Crippen LogP contribution in [0.15, 0.2) is 66.7 Å². The molecule has 0 aromatic heterocycles. The first-order valence-corrected chi connectivity index (χ1v) is 10.3. The van der Waals surface area contributed by atoms with Gasteiger partial charge < -0.3 is 9.47 Å². The van der Waals surface area contributed by atoms with Crippen LogP contribution in [0, 0.1) is 6.92 Å². The topological polar surface area (TPSA) is 35.5 Å². The molecule has 0 saturated carbocycles. The van der Waals surface area contributed by atoms with E-state index in [0.717, 1.165) is 34.6 Å². The molecule has 4 rings (SSSR count). The van der Waals surface area contributed by atoms with Crippen LogP contribution in [0.5, 0.6) is 11.5 Å². The van der Waals surface area contributed by atoms with E-state index in [1.807, 2.05) is 61.5 Å². The fourth-order valence-electron chi connectivity index (χ4n) is 3.80. The normalized spacial score (nSPS) is 12.7. The van der Waals surface area contributed by atoms with E-state index in [-0.39, 0.29) is 5.78 Å². The van der Waals surface area contributed by atoms with Crippen molar-refractivity contribution in [2.24, 2.45) is 0 Å². The molecule has 0 spiro atoms. The first kappa shape index (κ1) is 20.0. The molecular formula is C27H26O3. The number of ether oxygens (including phenoxy) is 2. The number of methoxy groups -OCH3 is 1. The standard InChI is InChI=1S/C27H26O3/c1-19-6-10-22(11-7-19)26(28)14-8-20-9-15-27(29-2)24(16-20)18-30-25-13-12-21-4-3-5-23(21)17-25/h6-17H,3-5,18H2,1-2H3/b14-8+. The number of hydrogen-bond acceptors (Lipinski definition) is 3. The number of carbonyl (C=O) groups is 1. The molecule has 0 heterocycles. The Morgan fingerprint density at radius 1 is 0.967 bits per heavy atom. The van der Waals surface area contributed by atoms with Crippen molar-refractivity contribution in [3.8, 4) is 11.5 Å². The average Bonchev–Trinajstić information content (AvgIpc) is 3.24. The summed E-state index contributed by atoms with van der Waals surface area (Å²) in [5.41, 5.74) is 6.53. The van der Waals surface area contributed by atoms with E-state index >= 15 is 0 Å². The maximum Gasteiger partial charge on any atom is 0.185 e. The molecule has 0 radical (unpaired) electrons. The van der Waals surface area contributed by atoms with Gasteiger partial charge in [0.2, 0.25) is 0 Å². The van der Waals surface area contributed by atoms with E-state index < -0.39 is 0 Å². The number of rotatable bonds is 7. The number of fused-ring (bicyclic) bond motifs is 1. The number of ketones is 1. The number of allylic oxidation sites excluding steroid dienone is 1. The third-order valence-electron chi connectivity index (χ3n) is 5.53. The Bertz CT molecular complexity index is 1080. The minimum absolute atomic E-state index is 0.0123. The maximum atomic E-state index is 12.4. The lowest BCUT2D eigenvalue weighted by Crippen LogP contribution is -2.00. The van der Waals surface area contributed by atoms with Crippen molar-refractivity contribution in [2.75, 3.05) is 7.11 Å². The summed E-state index contributed by atoms with van der Waals surface area (Å²) in [7, 11) is 1.66. The number of aryl methyl sites for hydroxylation is 3. The van der Waals surface area contributed by atoms with Crippen LogP contribution in [0.25, 0.3) is 6.08 Å². The molecule has 3 aromatic rings. The predicted molar refractivity (Wildman–Crippen MR) is 120 cm³/mol. The molecule has 0 saturated heterocycles. The van der Waals surface area contributed by atoms with Crippen molar-refractivity contribution in [1.29, 1.82) is 0 Å². The van der Waals surface area contributed by atoms with Crippen molar-refractivity contribution >= 4 is 11.9 Å². The van der Waals surface area contributed by atoms with Gasteiger partial charge in [-0.15, -0.1) is 0 Å². The largest absolute Gasteiger partial charge is 0.496 e. The fraction of sp³-hybridized carbons (Fsp3) is 0.222. The van der Waals surface area contributed by atoms with Gasteiger partial charge in [-0.25, -0.2) is 0 Å². The minimum atomic E-state index is -0.0123. The monoisotopic (exact) mass is 398 g/mol. The molecule has 0 amide bonds. The SMILES string of the molecule is COc1ccc(/C=C/C(=O)c2ccc(C)cc2)cc1COc1ccc2c(c1)CCC2. The van der Waals surface area contributed by atoms with Crippen LogP contribution >= 0.6 is 0 Å². The lowest BCUT2D eigenvalue weighted by molar-refractivity contribution is 0.104. The highest BCUT2D eigenvalue weighted by Gasteiger charge is 2.12. The smallest absolute Gasteiger partial charge is 0.185 e. The second-order valence-corrected chi connectivity index (χ2v) is 7.71. The van der Waals surface area contributed by atoms with Gasteiger partial charge in [0, 0.05) is 11.1 Å². The maximum absolute atomic E-state index is 12.4. The first-order chi connectivity index (χ1) is 14.6. The Labute approximate surface area is 178 Å². The summed E-state index contributed by atoms with van der Waals surface area (Å²) >= 11 is 0. The van der Waals surface area contributed by atoms with Gasteiger partial charge in [0.15, 0.2) is 5.78 Å². The molecule has 3 aromatic carbocycles. The van der Waals surface area contributed by atoms with Crippen LogP contribution in [-0.2, 0) is 19.4 Å². The molecule has 0 atom stereocenters. The second-order valence-electron chi connectivity index (χ2n) is 7.71. The lowest BCUT2D eigenvalue weighted by Gasteiger charge is -2.12. The molecule has 0 aliphatic heterocycles. The van der Waals surface area contributed by atoms with Crippen LogP contribution in [-0.4, -0.2) is 12.9 Å². The Balaban J connectivity index is 1.47. The molecule has 3 nitrogen and oxygen atoms in total. The highest BCUT2D eigenvalue weighted by Crippen LogP contribution is 2.28. The van der Waals surface area contributed by atoms with Crippen molar-refractivity contribution in [3.05, 3.63) is 100 Å². The first-order valence-electron chi connectivity index (χ1n) is 10.3. The highest BCUT2D eigenvalue weighted by molar-refractivity contribution is 6.06. The zero-order valence-electron chi connectivity index (χ0n) is 17.5. The third kappa shape index (κ3) is 4.62. The highest BCUT2D eigenvalue weighted by atomic mass is 16.5. The van der Waals surface area contributed by atoms with Crippen LogP contribution < -0.4 is 9.47 Å². The summed E-state index contributed by atoms with van der Waals surface area (Å²) in [6.07, 6.45) is 6.96. The minimum Gasteiger partial charge on any atom is -0.496 e. The van der Waals surface area contributed by atoms with E-state index in [1.165, 1.54) is 24.0 Å². The summed E-state index contributed by atoms with van der Waals surface area (Å²) in [4.78, 5) is 12.4. The van der Waals surface area contributed by atoms with E-state index in [9.17, 15) is 4.79 Å². The molecule has 1 aliphatic rings. The Hall–Kier alpha value is -3.33. The quantitative estimate of drug-likeness (QED) is 0.363. The van der Waals surface area contributed by atoms with E-state index in [0.29, 0.717) is 12.2 Å². The van der Waals surface area contributed by atoms with Gasteiger partial charge in [0.25, 0.3) is 0 Å². The Kier molecular flexibility index (Phi) is 5.99. The van der Waals surface area contributed by atoms with Crippen molar-refractivity contribution in [1.82, 2.24) is 0 Å². The Morgan fingerprint density at radius 2 is 1.77 bits per heavy atom. The van der Waals surface area contributed by atoms with Crippen molar-refractivity contribution in [3.63, 3.8) is 0 Å². The zero-order chi connectivity index (χ0) is 20.9. The fourth-order valence-corrected chi connectivity index (χ4v) is 3.80. The van der Waals surface area contributed by atoms with E-state index in [1.54, 1.807) is 13.2 Å². The molecular weight excluding hydrogens is 372 g/mol. The van der Waals surface area contributed by atoms with Crippen molar-refractivity contribution in [2.45, 2.75) is 32.8 Å². The summed E-state index contributed by atoms with van der Waals surface area (Å²) in [6.45, 7) is 2.42. The summed E-state index contributed by atoms with van der Waals surface area (Å²) < 4.78 is 11.5. The van der Waals surface area contributed by atoms with Gasteiger partial charge in [0.1, 0.15) is 18.1 Å². The van der Waals surface area contributed by atoms with Crippen LogP contribution in [0.2, 0.25) is 0 Å². The summed E-state index contributed by atoms with van der Waals surface area (Å²) in [5.74, 6) is 1.65. The van der Waals surface area contributed by atoms with Crippen LogP contribution in [0.1, 0.15) is 44.6 Å². The van der Waals surface area contributed by atoms with E-state index in [4.69, 9.17) is 9.47 Å². The third-order valence-corrected chi connectivity index (χ3v) is 5.53. The van der Waals surface area contributed by atoms with E-state index in [2.05, 4.69) is 12.1 Å². The molecule has 0 N–H and O–H groups in total. The second kappa shape index (κ2) is 9.00. The molecule has 3 heteroatoms. The zero-order valence-corrected chi connectivity index (χ0v) is 17.5. The van der Waals surface area contributed by atoms with Crippen LogP contribution in [0.3, 0.4) is 0 Å². The number of hydrogen-bond donors (Lipinski definition) is 0. The summed E-state index contributed by atoms with van der Waals surface area (Å²) in [5, 5.41) is 0. The summed E-state index contributed by atoms with van der Waals surface area (Å²) in [6, 6.07) is 19.8. The number of carbonyl (C=O) groups excluding carboxylic acids is 1. The van der Waals surface area contributed by atoms with Gasteiger partial charge in [0.05, 0.1) is 7.11 Å². The Morgan fingerprint density at radius 3 is 2.57 bits per heavy atom. The molecule has 0 fully saturated rings. The molecule has 30 heavy (non-hydrogen) atoms. The molecule has 0 bridgehead atoms. The molecule has 152 valence electrons. The van der Waals surface area contributed by atoms with Crippen molar-refractivity contribution < 1.29 is 14.3 Å².